The molecule has 1 fully saturated rings. The number of amides is 1. The van der Waals surface area contributed by atoms with Crippen LogP contribution in [0.5, 0.6) is 0 Å². The smallest absolute Gasteiger partial charge is 0.241 e. The van der Waals surface area contributed by atoms with Gasteiger partial charge in [0.1, 0.15) is 17.5 Å². The number of piperidine rings is 1. The summed E-state index contributed by atoms with van der Waals surface area (Å²) >= 11 is 0. The molecular formula is C23H26N6O. The average Bonchev–Trinajstić information content (AvgIpc) is 2.78. The third-order valence-electron chi connectivity index (χ3n) is 5.22. The van der Waals surface area contributed by atoms with Crippen molar-refractivity contribution in [2.75, 3.05) is 30.3 Å². The van der Waals surface area contributed by atoms with Crippen molar-refractivity contribution in [3.8, 4) is 0 Å². The molecule has 3 aromatic rings. The molecule has 0 saturated carbocycles. The molecule has 4 rings (SSSR count). The maximum Gasteiger partial charge on any atom is 0.241 e. The molecule has 0 bridgehead atoms. The van der Waals surface area contributed by atoms with Crippen LogP contribution in [0.15, 0.2) is 60.8 Å². The molecule has 0 atom stereocenters. The highest BCUT2D eigenvalue weighted by Gasteiger charge is 2.25. The Hall–Kier alpha value is -3.48. The highest BCUT2D eigenvalue weighted by Crippen LogP contribution is 2.27. The molecule has 1 saturated heterocycles. The van der Waals surface area contributed by atoms with Gasteiger partial charge in [-0.25, -0.2) is 15.0 Å². The maximum atomic E-state index is 12.5. The summed E-state index contributed by atoms with van der Waals surface area (Å²) in [4.78, 5) is 28.1. The van der Waals surface area contributed by atoms with E-state index in [1.807, 2.05) is 66.4 Å². The van der Waals surface area contributed by atoms with E-state index >= 15 is 0 Å². The highest BCUT2D eigenvalue weighted by molar-refractivity contribution is 5.81. The minimum Gasteiger partial charge on any atom is -0.376 e. The van der Waals surface area contributed by atoms with Gasteiger partial charge >= 0.3 is 0 Å². The second-order valence-corrected chi connectivity index (χ2v) is 7.47. The first-order chi connectivity index (χ1) is 14.7. The molecule has 3 heterocycles. The number of hydrogen-bond acceptors (Lipinski definition) is 6. The van der Waals surface area contributed by atoms with E-state index in [9.17, 15) is 4.79 Å². The summed E-state index contributed by atoms with van der Waals surface area (Å²) in [7, 11) is 0. The lowest BCUT2D eigenvalue weighted by atomic mass is 9.95. The van der Waals surface area contributed by atoms with Gasteiger partial charge in [-0.1, -0.05) is 24.3 Å². The number of pyridine rings is 1. The average molecular weight is 403 g/mol. The quantitative estimate of drug-likeness (QED) is 0.654. The van der Waals surface area contributed by atoms with Crippen molar-refractivity contribution in [2.24, 2.45) is 0 Å². The van der Waals surface area contributed by atoms with Crippen molar-refractivity contribution in [2.45, 2.75) is 25.7 Å². The Morgan fingerprint density at radius 1 is 1.03 bits per heavy atom. The number of carbonyl (C=O) groups excluding carboxylic acids is 1. The number of nitrogens with zero attached hydrogens (tertiary/aromatic N) is 4. The van der Waals surface area contributed by atoms with Crippen molar-refractivity contribution < 1.29 is 4.79 Å². The van der Waals surface area contributed by atoms with Crippen LogP contribution in [0, 0.1) is 6.92 Å². The zero-order valence-corrected chi connectivity index (χ0v) is 17.1. The van der Waals surface area contributed by atoms with Gasteiger partial charge in [-0.2, -0.15) is 0 Å². The van der Waals surface area contributed by atoms with Gasteiger partial charge in [-0.15, -0.1) is 0 Å². The third-order valence-corrected chi connectivity index (χ3v) is 5.22. The van der Waals surface area contributed by atoms with Crippen molar-refractivity contribution >= 4 is 23.2 Å². The van der Waals surface area contributed by atoms with Gasteiger partial charge in [0.15, 0.2) is 0 Å². The number of anilines is 3. The molecule has 7 heteroatoms. The fourth-order valence-electron chi connectivity index (χ4n) is 3.64. The summed E-state index contributed by atoms with van der Waals surface area (Å²) in [6.45, 7) is 3.73. The summed E-state index contributed by atoms with van der Waals surface area (Å²) in [5.74, 6) is 2.72. The molecule has 30 heavy (non-hydrogen) atoms. The predicted molar refractivity (Wildman–Crippen MR) is 118 cm³/mol. The van der Waals surface area contributed by atoms with Gasteiger partial charge < -0.3 is 15.5 Å². The SMILES string of the molecule is Cc1cc(Nc2ccccn2)nc(C2CCN(C(=O)CNc3ccccc3)CC2)n1. The van der Waals surface area contributed by atoms with E-state index in [1.54, 1.807) is 6.20 Å². The van der Waals surface area contributed by atoms with Gasteiger partial charge in [-0.3, -0.25) is 4.79 Å². The Kier molecular flexibility index (Phi) is 6.17. The Morgan fingerprint density at radius 2 is 1.80 bits per heavy atom. The van der Waals surface area contributed by atoms with E-state index in [0.29, 0.717) is 6.54 Å². The lowest BCUT2D eigenvalue weighted by Gasteiger charge is -2.31. The number of aryl methyl sites for hydroxylation is 1. The topological polar surface area (TPSA) is 83.0 Å². The molecule has 1 aliphatic rings. The van der Waals surface area contributed by atoms with E-state index in [0.717, 1.165) is 54.8 Å². The number of likely N-dealkylation sites (tertiary alicyclic amines) is 1. The molecule has 154 valence electrons. The number of carbonyl (C=O) groups is 1. The number of benzene rings is 1. The standard InChI is InChI=1S/C23H26N6O/c1-17-15-21(27-20-9-5-6-12-24-20)28-23(26-17)18-10-13-29(14-11-18)22(30)16-25-19-7-3-2-4-8-19/h2-9,12,15,18,25H,10-11,13-14,16H2,1H3,(H,24,26,27,28). The molecule has 1 aromatic carbocycles. The van der Waals surface area contributed by atoms with Crippen molar-refractivity contribution in [3.63, 3.8) is 0 Å². The lowest BCUT2D eigenvalue weighted by molar-refractivity contribution is -0.130. The Bertz CT molecular complexity index is 971. The molecule has 0 radical (unpaired) electrons. The fraction of sp³-hybridized carbons (Fsp3) is 0.304. The first-order valence-corrected chi connectivity index (χ1v) is 10.3. The number of aromatic nitrogens is 3. The molecule has 0 unspecified atom stereocenters. The first-order valence-electron chi connectivity index (χ1n) is 10.3. The zero-order chi connectivity index (χ0) is 20.8. The monoisotopic (exact) mass is 402 g/mol. The number of hydrogen-bond donors (Lipinski definition) is 2. The van der Waals surface area contributed by atoms with Crippen LogP contribution in [0.3, 0.4) is 0 Å². The molecule has 1 amide bonds. The molecular weight excluding hydrogens is 376 g/mol. The minimum absolute atomic E-state index is 0.125. The fourth-order valence-corrected chi connectivity index (χ4v) is 3.64. The normalized spacial score (nSPS) is 14.4. The third kappa shape index (κ3) is 5.11. The van der Waals surface area contributed by atoms with Gasteiger partial charge in [0, 0.05) is 42.7 Å². The van der Waals surface area contributed by atoms with Crippen LogP contribution < -0.4 is 10.6 Å². The van der Waals surface area contributed by atoms with Crippen LogP contribution in [0.4, 0.5) is 17.3 Å². The highest BCUT2D eigenvalue weighted by atomic mass is 16.2. The van der Waals surface area contributed by atoms with Crippen LogP contribution in [0.25, 0.3) is 0 Å². The van der Waals surface area contributed by atoms with Crippen LogP contribution in [-0.2, 0) is 4.79 Å². The Balaban J connectivity index is 1.34. The molecule has 2 aromatic heterocycles. The molecule has 0 spiro atoms. The minimum atomic E-state index is 0.125. The lowest BCUT2D eigenvalue weighted by Crippen LogP contribution is -2.41. The van der Waals surface area contributed by atoms with E-state index in [4.69, 9.17) is 4.98 Å². The number of nitrogens with one attached hydrogen (secondary N) is 2. The summed E-state index contributed by atoms with van der Waals surface area (Å²) < 4.78 is 0. The Morgan fingerprint density at radius 3 is 2.53 bits per heavy atom. The van der Waals surface area contributed by atoms with Crippen molar-refractivity contribution in [3.05, 3.63) is 72.3 Å². The predicted octanol–water partition coefficient (Wildman–Crippen LogP) is 3.74. The molecule has 1 aliphatic heterocycles. The van der Waals surface area contributed by atoms with Gasteiger partial charge in [0.05, 0.1) is 6.54 Å². The maximum absolute atomic E-state index is 12.5. The van der Waals surface area contributed by atoms with Crippen LogP contribution >= 0.6 is 0 Å². The van der Waals surface area contributed by atoms with Gasteiger partial charge in [0.2, 0.25) is 5.91 Å². The van der Waals surface area contributed by atoms with Crippen LogP contribution in [-0.4, -0.2) is 45.4 Å². The van der Waals surface area contributed by atoms with Crippen LogP contribution in [0.2, 0.25) is 0 Å². The second kappa shape index (κ2) is 9.35. The molecule has 7 nitrogen and oxygen atoms in total. The summed E-state index contributed by atoms with van der Waals surface area (Å²) in [5.41, 5.74) is 1.88. The second-order valence-electron chi connectivity index (χ2n) is 7.47. The van der Waals surface area contributed by atoms with Crippen molar-refractivity contribution in [1.82, 2.24) is 19.9 Å². The first kappa shape index (κ1) is 19.8. The van der Waals surface area contributed by atoms with E-state index < -0.39 is 0 Å². The molecule has 2 N–H and O–H groups in total. The summed E-state index contributed by atoms with van der Waals surface area (Å²) in [5, 5.41) is 6.44. The van der Waals surface area contributed by atoms with E-state index in [2.05, 4.69) is 20.6 Å². The molecule has 0 aliphatic carbocycles. The van der Waals surface area contributed by atoms with Crippen molar-refractivity contribution in [1.29, 1.82) is 0 Å². The number of para-hydroxylation sites is 1. The zero-order valence-electron chi connectivity index (χ0n) is 17.1. The van der Waals surface area contributed by atoms with Crippen LogP contribution in [0.1, 0.15) is 30.3 Å². The van der Waals surface area contributed by atoms with E-state index in [-0.39, 0.29) is 11.8 Å². The Labute approximate surface area is 176 Å². The van der Waals surface area contributed by atoms with E-state index in [1.165, 1.54) is 0 Å². The number of rotatable bonds is 6. The summed E-state index contributed by atoms with van der Waals surface area (Å²) in [6.07, 6.45) is 3.48. The van der Waals surface area contributed by atoms with Gasteiger partial charge in [0.25, 0.3) is 0 Å². The summed E-state index contributed by atoms with van der Waals surface area (Å²) in [6, 6.07) is 17.4. The largest absolute Gasteiger partial charge is 0.376 e. The van der Waals surface area contributed by atoms with Gasteiger partial charge in [-0.05, 0) is 44.0 Å².